The van der Waals surface area contributed by atoms with E-state index in [0.29, 0.717) is 34.9 Å². The molecule has 0 aliphatic heterocycles. The van der Waals surface area contributed by atoms with E-state index in [-0.39, 0.29) is 5.41 Å². The van der Waals surface area contributed by atoms with Gasteiger partial charge < -0.3 is 4.57 Å². The van der Waals surface area contributed by atoms with Crippen LogP contribution in [0.15, 0.2) is 224 Å². The summed E-state index contributed by atoms with van der Waals surface area (Å²) in [6.45, 7) is 4.59. The molecule has 0 fully saturated rings. The fraction of sp³-hybridized carbons (Fsp3) is 0.0476. The van der Waals surface area contributed by atoms with Crippen LogP contribution in [0.2, 0.25) is 0 Å². The number of rotatable bonds is 8. The lowest BCUT2D eigenvalue weighted by Crippen LogP contribution is -2.15. The van der Waals surface area contributed by atoms with Crippen molar-refractivity contribution in [1.82, 2.24) is 34.5 Å². The molecule has 1 aliphatic rings. The number of hydrogen-bond donors (Lipinski definition) is 0. The van der Waals surface area contributed by atoms with Crippen LogP contribution in [0.4, 0.5) is 0 Å². The summed E-state index contributed by atoms with van der Waals surface area (Å²) in [6, 6.07) is 78.0. The molecule has 0 N–H and O–H groups in total. The van der Waals surface area contributed by atoms with Crippen molar-refractivity contribution in [3.8, 4) is 96.3 Å². The fourth-order valence-electron chi connectivity index (χ4n) is 10.2. The Morgan fingerprint density at radius 2 is 0.729 bits per heavy atom. The molecule has 12 aromatic rings. The van der Waals surface area contributed by atoms with Gasteiger partial charge in [-0.05, 0) is 75.8 Å². The van der Waals surface area contributed by atoms with Crippen LogP contribution in [0.3, 0.4) is 0 Å². The van der Waals surface area contributed by atoms with Crippen LogP contribution in [0.1, 0.15) is 25.0 Å². The largest absolute Gasteiger partial charge is 0.309 e. The maximum Gasteiger partial charge on any atom is 0.164 e. The van der Waals surface area contributed by atoms with Gasteiger partial charge in [0.15, 0.2) is 34.9 Å². The van der Waals surface area contributed by atoms with E-state index in [4.69, 9.17) is 29.9 Å². The van der Waals surface area contributed by atoms with Gasteiger partial charge >= 0.3 is 0 Å². The Hall–Kier alpha value is -9.20. The molecule has 0 radical (unpaired) electrons. The van der Waals surface area contributed by atoms with Crippen LogP contribution in [0.25, 0.3) is 118 Å². The average Bonchev–Trinajstić information content (AvgIpc) is 3.88. The first-order valence-corrected chi connectivity index (χ1v) is 23.6. The first-order valence-electron chi connectivity index (χ1n) is 23.6. The Balaban J connectivity index is 1.04. The Labute approximate surface area is 405 Å². The van der Waals surface area contributed by atoms with Gasteiger partial charge in [-0.1, -0.05) is 196 Å². The highest BCUT2D eigenvalue weighted by molar-refractivity contribution is 6.11. The molecule has 9 aromatic carbocycles. The summed E-state index contributed by atoms with van der Waals surface area (Å²) < 4.78 is 2.34. The predicted molar refractivity (Wildman–Crippen MR) is 283 cm³/mol. The molecular weight excluding hydrogens is 855 g/mol. The van der Waals surface area contributed by atoms with E-state index in [0.717, 1.165) is 66.6 Å². The van der Waals surface area contributed by atoms with Crippen molar-refractivity contribution in [2.75, 3.05) is 0 Å². The summed E-state index contributed by atoms with van der Waals surface area (Å²) in [5.41, 5.74) is 15.5. The number of benzene rings is 9. The lowest BCUT2D eigenvalue weighted by molar-refractivity contribution is 0.660. The zero-order valence-corrected chi connectivity index (χ0v) is 38.5. The van der Waals surface area contributed by atoms with Gasteiger partial charge in [0, 0.05) is 55.3 Å². The minimum atomic E-state index is -0.188. The molecule has 0 unspecified atom stereocenters. The molecule has 0 amide bonds. The number of nitrogens with zero attached hydrogens (tertiary/aromatic N) is 7. The standard InChI is InChI=1S/C63H43N7/c1-63(2)53-29-17-15-27-48(53)49-35-32-45(39-54(49)63)61-66-57(40-19-7-3-8-20-40)65-60(67-61)44-31-34-47(43-33-36-56-51(37-43)50-28-16-18-30-55(50)70(56)46-25-13-6-14-26-46)52(38-44)62-68-58(41-21-9-4-10-22-41)64-59(69-62)42-23-11-5-12-24-42/h3-39H,1-2H3. The zero-order chi connectivity index (χ0) is 46.8. The van der Waals surface area contributed by atoms with Gasteiger partial charge in [-0.25, -0.2) is 29.9 Å². The van der Waals surface area contributed by atoms with Crippen LogP contribution in [-0.2, 0) is 5.41 Å². The second-order valence-corrected chi connectivity index (χ2v) is 18.3. The number of aromatic nitrogens is 7. The molecule has 7 nitrogen and oxygen atoms in total. The van der Waals surface area contributed by atoms with E-state index in [9.17, 15) is 0 Å². The highest BCUT2D eigenvalue weighted by atomic mass is 15.0. The normalized spacial score (nSPS) is 12.5. The third-order valence-electron chi connectivity index (χ3n) is 13.7. The summed E-state index contributed by atoms with van der Waals surface area (Å²) in [6.07, 6.45) is 0. The van der Waals surface area contributed by atoms with Crippen LogP contribution in [0, 0.1) is 0 Å². The fourth-order valence-corrected chi connectivity index (χ4v) is 10.2. The van der Waals surface area contributed by atoms with Gasteiger partial charge in [-0.15, -0.1) is 0 Å². The molecular formula is C63H43N7. The monoisotopic (exact) mass is 897 g/mol. The van der Waals surface area contributed by atoms with Crippen LogP contribution >= 0.6 is 0 Å². The molecule has 0 bridgehead atoms. The first-order chi connectivity index (χ1) is 34.4. The predicted octanol–water partition coefficient (Wildman–Crippen LogP) is 15.1. The summed E-state index contributed by atoms with van der Waals surface area (Å²) in [7, 11) is 0. The molecule has 7 heteroatoms. The third kappa shape index (κ3) is 6.98. The van der Waals surface area contributed by atoms with Crippen molar-refractivity contribution in [2.24, 2.45) is 0 Å². The molecule has 0 saturated heterocycles. The van der Waals surface area contributed by atoms with Crippen molar-refractivity contribution < 1.29 is 0 Å². The first kappa shape index (κ1) is 41.0. The summed E-state index contributed by atoms with van der Waals surface area (Å²) in [5.74, 6) is 3.43. The van der Waals surface area contributed by atoms with Crippen molar-refractivity contribution >= 4 is 21.8 Å². The van der Waals surface area contributed by atoms with E-state index in [1.165, 1.54) is 27.6 Å². The molecule has 0 atom stereocenters. The smallest absolute Gasteiger partial charge is 0.164 e. The average molecular weight is 898 g/mol. The Kier molecular flexibility index (Phi) is 9.69. The number of para-hydroxylation sites is 2. The van der Waals surface area contributed by atoms with Gasteiger partial charge in [-0.3, -0.25) is 0 Å². The molecule has 1 aliphatic carbocycles. The second kappa shape index (κ2) is 16.5. The van der Waals surface area contributed by atoms with Crippen molar-refractivity contribution in [1.29, 1.82) is 0 Å². The molecule has 0 saturated carbocycles. The SMILES string of the molecule is CC1(C)c2ccccc2-c2ccc(-c3nc(-c4ccccc4)nc(-c4ccc(-c5ccc6c(c5)c5ccccc5n6-c5ccccc5)c(-c5nc(-c6ccccc6)nc(-c6ccccc6)n5)c4)n3)cc21. The van der Waals surface area contributed by atoms with Crippen molar-refractivity contribution in [2.45, 2.75) is 19.3 Å². The molecule has 3 aromatic heterocycles. The quantitative estimate of drug-likeness (QED) is 0.151. The summed E-state index contributed by atoms with van der Waals surface area (Å²) in [5, 5.41) is 2.32. The van der Waals surface area contributed by atoms with Gasteiger partial charge in [0.2, 0.25) is 0 Å². The van der Waals surface area contributed by atoms with Crippen LogP contribution < -0.4 is 0 Å². The highest BCUT2D eigenvalue weighted by Crippen LogP contribution is 2.49. The maximum absolute atomic E-state index is 5.32. The van der Waals surface area contributed by atoms with Crippen LogP contribution in [0.5, 0.6) is 0 Å². The minimum Gasteiger partial charge on any atom is -0.309 e. The van der Waals surface area contributed by atoms with Gasteiger partial charge in [-0.2, -0.15) is 0 Å². The van der Waals surface area contributed by atoms with Gasteiger partial charge in [0.25, 0.3) is 0 Å². The Bertz CT molecular complexity index is 3900. The molecule has 0 spiro atoms. The van der Waals surface area contributed by atoms with Gasteiger partial charge in [0.05, 0.1) is 11.0 Å². The van der Waals surface area contributed by atoms with Crippen LogP contribution in [-0.4, -0.2) is 34.5 Å². The molecule has 3 heterocycles. The summed E-state index contributed by atoms with van der Waals surface area (Å²) >= 11 is 0. The van der Waals surface area contributed by atoms with E-state index >= 15 is 0 Å². The Morgan fingerprint density at radius 3 is 1.34 bits per heavy atom. The lowest BCUT2D eigenvalue weighted by Gasteiger charge is -2.21. The molecule has 13 rings (SSSR count). The topological polar surface area (TPSA) is 82.3 Å². The van der Waals surface area contributed by atoms with E-state index < -0.39 is 0 Å². The van der Waals surface area contributed by atoms with Crippen molar-refractivity contribution in [3.05, 3.63) is 236 Å². The van der Waals surface area contributed by atoms with Gasteiger partial charge in [0.1, 0.15) is 0 Å². The van der Waals surface area contributed by atoms with E-state index in [1.807, 2.05) is 91.0 Å². The highest BCUT2D eigenvalue weighted by Gasteiger charge is 2.35. The van der Waals surface area contributed by atoms with E-state index in [1.54, 1.807) is 0 Å². The maximum atomic E-state index is 5.32. The van der Waals surface area contributed by atoms with E-state index in [2.05, 4.69) is 152 Å². The number of hydrogen-bond acceptors (Lipinski definition) is 6. The third-order valence-corrected chi connectivity index (χ3v) is 13.7. The minimum absolute atomic E-state index is 0.188. The zero-order valence-electron chi connectivity index (χ0n) is 38.5. The molecule has 330 valence electrons. The molecule has 70 heavy (non-hydrogen) atoms. The second-order valence-electron chi connectivity index (χ2n) is 18.3. The summed E-state index contributed by atoms with van der Waals surface area (Å²) in [4.78, 5) is 31.4. The number of fused-ring (bicyclic) bond motifs is 6. The van der Waals surface area contributed by atoms with Crippen molar-refractivity contribution in [3.63, 3.8) is 0 Å². The Morgan fingerprint density at radius 1 is 0.286 bits per heavy atom. The lowest BCUT2D eigenvalue weighted by atomic mass is 9.82.